The smallest absolute Gasteiger partial charge is 0.0330 e. The largest absolute Gasteiger partial charge is 0.329 e. The van der Waals surface area contributed by atoms with E-state index in [1.807, 2.05) is 11.8 Å². The SMILES string of the molecule is Cc1cccc(SC2(CN)CC2)c1. The van der Waals surface area contributed by atoms with Gasteiger partial charge in [0.2, 0.25) is 0 Å². The second-order valence-corrected chi connectivity index (χ2v) is 5.35. The highest BCUT2D eigenvalue weighted by molar-refractivity contribution is 8.01. The van der Waals surface area contributed by atoms with Crippen LogP contribution < -0.4 is 5.73 Å². The molecule has 1 aromatic rings. The first-order valence-corrected chi connectivity index (χ1v) is 5.52. The van der Waals surface area contributed by atoms with Crippen LogP contribution in [-0.4, -0.2) is 11.3 Å². The first-order valence-electron chi connectivity index (χ1n) is 4.70. The van der Waals surface area contributed by atoms with Gasteiger partial charge in [0.25, 0.3) is 0 Å². The number of nitrogens with two attached hydrogens (primary N) is 1. The second-order valence-electron chi connectivity index (χ2n) is 3.81. The lowest BCUT2D eigenvalue weighted by Crippen LogP contribution is -2.17. The van der Waals surface area contributed by atoms with Crippen LogP contribution in [0.4, 0.5) is 0 Å². The number of rotatable bonds is 3. The van der Waals surface area contributed by atoms with E-state index in [0.29, 0.717) is 4.75 Å². The summed E-state index contributed by atoms with van der Waals surface area (Å²) >= 11 is 1.95. The Kier molecular flexibility index (Phi) is 2.35. The summed E-state index contributed by atoms with van der Waals surface area (Å²) in [6, 6.07) is 8.66. The topological polar surface area (TPSA) is 26.0 Å². The standard InChI is InChI=1S/C11H15NS/c1-9-3-2-4-10(7-9)13-11(8-12)5-6-11/h2-4,7H,5-6,8,12H2,1H3. The van der Waals surface area contributed by atoms with E-state index in [-0.39, 0.29) is 0 Å². The number of hydrogen-bond acceptors (Lipinski definition) is 2. The molecule has 0 atom stereocenters. The molecule has 1 nitrogen and oxygen atoms in total. The lowest BCUT2D eigenvalue weighted by Gasteiger charge is -2.11. The van der Waals surface area contributed by atoms with Crippen LogP contribution in [0.25, 0.3) is 0 Å². The van der Waals surface area contributed by atoms with Gasteiger partial charge < -0.3 is 5.73 Å². The molecule has 1 saturated carbocycles. The van der Waals surface area contributed by atoms with Gasteiger partial charge in [-0.15, -0.1) is 11.8 Å². The Labute approximate surface area is 83.7 Å². The Morgan fingerprint density at radius 3 is 2.77 bits per heavy atom. The van der Waals surface area contributed by atoms with Gasteiger partial charge in [0.05, 0.1) is 0 Å². The molecule has 0 spiro atoms. The van der Waals surface area contributed by atoms with Gasteiger partial charge in [-0.25, -0.2) is 0 Å². The maximum absolute atomic E-state index is 5.73. The molecule has 0 saturated heterocycles. The molecule has 0 heterocycles. The van der Waals surface area contributed by atoms with Crippen LogP contribution in [0.15, 0.2) is 29.2 Å². The van der Waals surface area contributed by atoms with E-state index in [9.17, 15) is 0 Å². The third-order valence-electron chi connectivity index (χ3n) is 2.50. The van der Waals surface area contributed by atoms with Crippen molar-refractivity contribution >= 4 is 11.8 Å². The molecule has 0 bridgehead atoms. The van der Waals surface area contributed by atoms with Crippen LogP contribution in [0.3, 0.4) is 0 Å². The van der Waals surface area contributed by atoms with E-state index >= 15 is 0 Å². The first kappa shape index (κ1) is 9.10. The average Bonchev–Trinajstić information content (AvgIpc) is 2.86. The molecule has 1 aliphatic rings. The molecule has 0 amide bonds. The maximum atomic E-state index is 5.73. The van der Waals surface area contributed by atoms with Crippen molar-refractivity contribution in [3.05, 3.63) is 29.8 Å². The molecular formula is C11H15NS. The second kappa shape index (κ2) is 3.35. The minimum absolute atomic E-state index is 0.383. The summed E-state index contributed by atoms with van der Waals surface area (Å²) in [5.74, 6) is 0. The summed E-state index contributed by atoms with van der Waals surface area (Å²) in [7, 11) is 0. The quantitative estimate of drug-likeness (QED) is 0.798. The molecule has 0 radical (unpaired) electrons. The Hall–Kier alpha value is -0.470. The minimum atomic E-state index is 0.383. The van der Waals surface area contributed by atoms with Crippen molar-refractivity contribution in [2.75, 3.05) is 6.54 Å². The lowest BCUT2D eigenvalue weighted by atomic mass is 10.2. The van der Waals surface area contributed by atoms with E-state index in [4.69, 9.17) is 5.73 Å². The highest BCUT2D eigenvalue weighted by Crippen LogP contribution is 2.50. The zero-order valence-corrected chi connectivity index (χ0v) is 8.73. The number of benzene rings is 1. The summed E-state index contributed by atoms with van der Waals surface area (Å²) in [5, 5.41) is 0. The van der Waals surface area contributed by atoms with E-state index in [0.717, 1.165) is 6.54 Å². The minimum Gasteiger partial charge on any atom is -0.329 e. The van der Waals surface area contributed by atoms with Crippen molar-refractivity contribution in [3.63, 3.8) is 0 Å². The van der Waals surface area contributed by atoms with Crippen molar-refractivity contribution in [2.24, 2.45) is 5.73 Å². The summed E-state index contributed by atoms with van der Waals surface area (Å²) in [6.07, 6.45) is 2.56. The molecule has 0 unspecified atom stereocenters. The van der Waals surface area contributed by atoms with Crippen molar-refractivity contribution < 1.29 is 0 Å². The third kappa shape index (κ3) is 2.06. The van der Waals surface area contributed by atoms with Crippen molar-refractivity contribution in [2.45, 2.75) is 29.4 Å². The molecule has 2 heteroatoms. The lowest BCUT2D eigenvalue weighted by molar-refractivity contribution is 0.899. The Bertz CT molecular complexity index is 305. The van der Waals surface area contributed by atoms with Gasteiger partial charge in [0, 0.05) is 16.2 Å². The summed E-state index contributed by atoms with van der Waals surface area (Å²) in [6.45, 7) is 2.94. The van der Waals surface area contributed by atoms with Gasteiger partial charge in [-0.05, 0) is 31.9 Å². The van der Waals surface area contributed by atoms with Crippen LogP contribution in [0.1, 0.15) is 18.4 Å². The zero-order valence-electron chi connectivity index (χ0n) is 7.92. The fourth-order valence-corrected chi connectivity index (χ4v) is 2.70. The third-order valence-corrected chi connectivity index (χ3v) is 4.00. The monoisotopic (exact) mass is 193 g/mol. The predicted octanol–water partition coefficient (Wildman–Crippen LogP) is 2.58. The van der Waals surface area contributed by atoms with Crippen LogP contribution in [0.2, 0.25) is 0 Å². The zero-order chi connectivity index (χ0) is 9.31. The van der Waals surface area contributed by atoms with E-state index in [2.05, 4.69) is 31.2 Å². The summed E-state index contributed by atoms with van der Waals surface area (Å²) < 4.78 is 0.383. The van der Waals surface area contributed by atoms with Gasteiger partial charge in [-0.1, -0.05) is 17.7 Å². The molecule has 2 N–H and O–H groups in total. The molecule has 0 aromatic heterocycles. The average molecular weight is 193 g/mol. The van der Waals surface area contributed by atoms with Crippen molar-refractivity contribution in [1.29, 1.82) is 0 Å². The summed E-state index contributed by atoms with van der Waals surface area (Å²) in [4.78, 5) is 1.36. The number of aryl methyl sites for hydroxylation is 1. The Morgan fingerprint density at radius 1 is 1.46 bits per heavy atom. The normalized spacial score (nSPS) is 18.6. The van der Waals surface area contributed by atoms with Crippen LogP contribution >= 0.6 is 11.8 Å². The maximum Gasteiger partial charge on any atom is 0.0330 e. The van der Waals surface area contributed by atoms with Crippen molar-refractivity contribution in [1.82, 2.24) is 0 Å². The van der Waals surface area contributed by atoms with E-state index in [1.165, 1.54) is 23.3 Å². The van der Waals surface area contributed by atoms with Gasteiger partial charge in [0.15, 0.2) is 0 Å². The molecule has 1 aromatic carbocycles. The first-order chi connectivity index (χ1) is 6.24. The van der Waals surface area contributed by atoms with Gasteiger partial charge in [-0.3, -0.25) is 0 Å². The molecule has 70 valence electrons. The van der Waals surface area contributed by atoms with Crippen LogP contribution in [-0.2, 0) is 0 Å². The van der Waals surface area contributed by atoms with Gasteiger partial charge in [0.1, 0.15) is 0 Å². The van der Waals surface area contributed by atoms with Crippen LogP contribution in [0.5, 0.6) is 0 Å². The molecular weight excluding hydrogens is 178 g/mol. The van der Waals surface area contributed by atoms with E-state index < -0.39 is 0 Å². The Morgan fingerprint density at radius 2 is 2.23 bits per heavy atom. The van der Waals surface area contributed by atoms with E-state index in [1.54, 1.807) is 0 Å². The fourth-order valence-electron chi connectivity index (χ4n) is 1.42. The highest BCUT2D eigenvalue weighted by Gasteiger charge is 2.42. The van der Waals surface area contributed by atoms with Crippen LogP contribution in [0, 0.1) is 6.92 Å². The summed E-state index contributed by atoms with van der Waals surface area (Å²) in [5.41, 5.74) is 7.07. The van der Waals surface area contributed by atoms with Crippen molar-refractivity contribution in [3.8, 4) is 0 Å². The fraction of sp³-hybridized carbons (Fsp3) is 0.455. The number of hydrogen-bond donors (Lipinski definition) is 1. The Balaban J connectivity index is 2.09. The van der Waals surface area contributed by atoms with Gasteiger partial charge in [-0.2, -0.15) is 0 Å². The molecule has 1 aliphatic carbocycles. The highest BCUT2D eigenvalue weighted by atomic mass is 32.2. The predicted molar refractivity (Wildman–Crippen MR) is 58.1 cm³/mol. The number of thioether (sulfide) groups is 1. The molecule has 1 fully saturated rings. The molecule has 13 heavy (non-hydrogen) atoms. The molecule has 2 rings (SSSR count). The van der Waals surface area contributed by atoms with Gasteiger partial charge >= 0.3 is 0 Å². The molecule has 0 aliphatic heterocycles.